The molecule has 3 aromatic rings. The zero-order valence-corrected chi connectivity index (χ0v) is 15.5. The molecule has 0 radical (unpaired) electrons. The normalized spacial score (nSPS) is 12.3. The van der Waals surface area contributed by atoms with Gasteiger partial charge in [0.2, 0.25) is 5.91 Å². The molecular formula is C19H21ClN4O2. The number of amides is 1. The standard InChI is InChI=1S/C19H21ClN4O2/c1-3-4-7-16-22-10-15(24-16)17(23-11(2)25)13-9-14(20)12-6-5-8-21-18(12)19(13)26/h5-6,8-10,17,26H,3-4,7H2,1-2H3,(H,22,24)(H,23,25). The van der Waals surface area contributed by atoms with Gasteiger partial charge in [-0.2, -0.15) is 0 Å². The number of halogens is 1. The number of nitrogens with zero attached hydrogens (tertiary/aromatic N) is 2. The summed E-state index contributed by atoms with van der Waals surface area (Å²) in [5, 5.41) is 14.7. The second-order valence-electron chi connectivity index (χ2n) is 6.20. The molecule has 0 fully saturated rings. The maximum Gasteiger partial charge on any atom is 0.217 e. The van der Waals surface area contributed by atoms with Crippen LogP contribution in [-0.4, -0.2) is 26.0 Å². The second-order valence-corrected chi connectivity index (χ2v) is 6.61. The number of aromatic nitrogens is 3. The third-order valence-electron chi connectivity index (χ3n) is 4.22. The van der Waals surface area contributed by atoms with Crippen molar-refractivity contribution in [3.8, 4) is 5.75 Å². The highest BCUT2D eigenvalue weighted by Gasteiger charge is 2.24. The minimum absolute atomic E-state index is 0.0122. The lowest BCUT2D eigenvalue weighted by Gasteiger charge is -2.19. The number of rotatable bonds is 6. The number of imidazole rings is 1. The molecule has 0 saturated heterocycles. The topological polar surface area (TPSA) is 90.9 Å². The van der Waals surface area contributed by atoms with Crippen molar-refractivity contribution in [1.82, 2.24) is 20.3 Å². The first-order valence-corrected chi connectivity index (χ1v) is 8.96. The second kappa shape index (κ2) is 7.74. The SMILES string of the molecule is CCCCc1nc(C(NC(C)=O)c2cc(Cl)c3cccnc3c2O)c[nH]1. The molecule has 136 valence electrons. The van der Waals surface area contributed by atoms with Crippen molar-refractivity contribution in [3.05, 3.63) is 52.7 Å². The Labute approximate surface area is 156 Å². The Morgan fingerprint density at radius 3 is 3.00 bits per heavy atom. The van der Waals surface area contributed by atoms with Gasteiger partial charge in [-0.15, -0.1) is 0 Å². The van der Waals surface area contributed by atoms with E-state index in [4.69, 9.17) is 11.6 Å². The molecule has 2 aromatic heterocycles. The number of H-pyrrole nitrogens is 1. The quantitative estimate of drug-likeness (QED) is 0.612. The molecule has 0 aliphatic carbocycles. The first-order valence-electron chi connectivity index (χ1n) is 8.58. The minimum Gasteiger partial charge on any atom is -0.505 e. The highest BCUT2D eigenvalue weighted by Crippen LogP contribution is 2.38. The van der Waals surface area contributed by atoms with E-state index in [9.17, 15) is 9.90 Å². The van der Waals surface area contributed by atoms with E-state index in [1.807, 2.05) is 0 Å². The lowest BCUT2D eigenvalue weighted by atomic mass is 10.0. The minimum atomic E-state index is -0.622. The van der Waals surface area contributed by atoms with Gasteiger partial charge < -0.3 is 15.4 Å². The number of nitrogens with one attached hydrogen (secondary N) is 2. The Kier molecular flexibility index (Phi) is 5.42. The van der Waals surface area contributed by atoms with Gasteiger partial charge in [0.1, 0.15) is 23.1 Å². The molecule has 1 atom stereocenters. The number of aromatic hydroxyl groups is 1. The zero-order chi connectivity index (χ0) is 18.7. The van der Waals surface area contributed by atoms with Crippen molar-refractivity contribution in [1.29, 1.82) is 0 Å². The fraction of sp³-hybridized carbons (Fsp3) is 0.316. The predicted molar refractivity (Wildman–Crippen MR) is 101 cm³/mol. The number of aryl methyl sites for hydroxylation is 1. The summed E-state index contributed by atoms with van der Waals surface area (Å²) in [6.45, 7) is 3.54. The molecule has 1 amide bonds. The number of phenolic OH excluding ortho intramolecular Hbond substituents is 1. The number of carbonyl (C=O) groups is 1. The van der Waals surface area contributed by atoms with Gasteiger partial charge in [0.15, 0.2) is 0 Å². The smallest absolute Gasteiger partial charge is 0.217 e. The molecule has 0 aliphatic rings. The third kappa shape index (κ3) is 3.65. The number of unbranched alkanes of at least 4 members (excludes halogenated alkanes) is 1. The van der Waals surface area contributed by atoms with Crippen LogP contribution in [0.5, 0.6) is 5.75 Å². The summed E-state index contributed by atoms with van der Waals surface area (Å²) >= 11 is 6.38. The van der Waals surface area contributed by atoms with Crippen LogP contribution < -0.4 is 5.32 Å². The summed E-state index contributed by atoms with van der Waals surface area (Å²) in [7, 11) is 0. The van der Waals surface area contributed by atoms with Crippen molar-refractivity contribution in [2.24, 2.45) is 0 Å². The molecule has 7 heteroatoms. The van der Waals surface area contributed by atoms with Crippen LogP contribution in [0.2, 0.25) is 5.02 Å². The van der Waals surface area contributed by atoms with Crippen molar-refractivity contribution < 1.29 is 9.90 Å². The largest absolute Gasteiger partial charge is 0.505 e. The van der Waals surface area contributed by atoms with Crippen LogP contribution >= 0.6 is 11.6 Å². The fourth-order valence-electron chi connectivity index (χ4n) is 2.94. The van der Waals surface area contributed by atoms with E-state index in [-0.39, 0.29) is 11.7 Å². The molecule has 0 aliphatic heterocycles. The van der Waals surface area contributed by atoms with Crippen molar-refractivity contribution >= 4 is 28.4 Å². The highest BCUT2D eigenvalue weighted by molar-refractivity contribution is 6.35. The van der Waals surface area contributed by atoms with Gasteiger partial charge in [0.05, 0.1) is 10.7 Å². The van der Waals surface area contributed by atoms with E-state index in [2.05, 4.69) is 27.2 Å². The number of carbonyl (C=O) groups excluding carboxylic acids is 1. The van der Waals surface area contributed by atoms with E-state index >= 15 is 0 Å². The van der Waals surface area contributed by atoms with E-state index < -0.39 is 6.04 Å². The van der Waals surface area contributed by atoms with Crippen LogP contribution in [0.1, 0.15) is 49.8 Å². The monoisotopic (exact) mass is 372 g/mol. The molecule has 0 saturated carbocycles. The molecule has 26 heavy (non-hydrogen) atoms. The Hall–Kier alpha value is -2.60. The van der Waals surface area contributed by atoms with Gasteiger partial charge in [-0.1, -0.05) is 24.9 Å². The van der Waals surface area contributed by atoms with Crippen molar-refractivity contribution in [3.63, 3.8) is 0 Å². The summed E-state index contributed by atoms with van der Waals surface area (Å²) in [5.74, 6) is 0.605. The average Bonchev–Trinajstić information content (AvgIpc) is 3.10. The lowest BCUT2D eigenvalue weighted by molar-refractivity contribution is -0.119. The van der Waals surface area contributed by atoms with Gasteiger partial charge in [-0.3, -0.25) is 9.78 Å². The van der Waals surface area contributed by atoms with Crippen LogP contribution in [0.25, 0.3) is 10.9 Å². The summed E-state index contributed by atoms with van der Waals surface area (Å²) in [6.07, 6.45) is 6.26. The number of fused-ring (bicyclic) bond motifs is 1. The molecular weight excluding hydrogens is 352 g/mol. The summed E-state index contributed by atoms with van der Waals surface area (Å²) < 4.78 is 0. The Morgan fingerprint density at radius 2 is 2.27 bits per heavy atom. The number of phenols is 1. The molecule has 1 aromatic carbocycles. The van der Waals surface area contributed by atoms with Crippen LogP contribution in [0, 0.1) is 0 Å². The van der Waals surface area contributed by atoms with Gasteiger partial charge in [0, 0.05) is 36.7 Å². The van der Waals surface area contributed by atoms with Gasteiger partial charge in [-0.05, 0) is 24.6 Å². The summed E-state index contributed by atoms with van der Waals surface area (Å²) in [5.41, 5.74) is 1.48. The summed E-state index contributed by atoms with van der Waals surface area (Å²) in [6, 6.07) is 4.58. The Morgan fingerprint density at radius 1 is 1.46 bits per heavy atom. The van der Waals surface area contributed by atoms with E-state index in [0.717, 1.165) is 25.1 Å². The van der Waals surface area contributed by atoms with Gasteiger partial charge >= 0.3 is 0 Å². The van der Waals surface area contributed by atoms with Gasteiger partial charge in [0.25, 0.3) is 0 Å². The summed E-state index contributed by atoms with van der Waals surface area (Å²) in [4.78, 5) is 23.7. The highest BCUT2D eigenvalue weighted by atomic mass is 35.5. The lowest BCUT2D eigenvalue weighted by Crippen LogP contribution is -2.27. The molecule has 3 N–H and O–H groups in total. The maximum absolute atomic E-state index is 11.8. The molecule has 3 rings (SSSR count). The van der Waals surface area contributed by atoms with Crippen molar-refractivity contribution in [2.75, 3.05) is 0 Å². The Bertz CT molecular complexity index is 938. The van der Waals surface area contributed by atoms with E-state index in [1.165, 1.54) is 6.92 Å². The van der Waals surface area contributed by atoms with Crippen LogP contribution in [-0.2, 0) is 11.2 Å². The number of aromatic amines is 1. The molecule has 0 bridgehead atoms. The number of hydrogen-bond acceptors (Lipinski definition) is 4. The van der Waals surface area contributed by atoms with E-state index in [1.54, 1.807) is 30.6 Å². The molecule has 6 nitrogen and oxygen atoms in total. The van der Waals surface area contributed by atoms with Crippen molar-refractivity contribution in [2.45, 2.75) is 39.2 Å². The molecule has 2 heterocycles. The third-order valence-corrected chi connectivity index (χ3v) is 4.53. The van der Waals surface area contributed by atoms with Crippen LogP contribution in [0.15, 0.2) is 30.6 Å². The molecule has 1 unspecified atom stereocenters. The Balaban J connectivity index is 2.08. The maximum atomic E-state index is 11.8. The number of pyridine rings is 1. The number of hydrogen-bond donors (Lipinski definition) is 3. The van der Waals surface area contributed by atoms with E-state index in [0.29, 0.717) is 27.2 Å². The first-order chi connectivity index (χ1) is 12.5. The van der Waals surface area contributed by atoms with Crippen LogP contribution in [0.4, 0.5) is 0 Å². The zero-order valence-electron chi connectivity index (χ0n) is 14.7. The first kappa shape index (κ1) is 18.2. The molecule has 0 spiro atoms. The van der Waals surface area contributed by atoms with Gasteiger partial charge in [-0.25, -0.2) is 4.98 Å². The fourth-order valence-corrected chi connectivity index (χ4v) is 3.21. The predicted octanol–water partition coefficient (Wildman–Crippen LogP) is 3.89. The van der Waals surface area contributed by atoms with Crippen LogP contribution in [0.3, 0.4) is 0 Å². The number of benzene rings is 1. The average molecular weight is 373 g/mol.